The lowest BCUT2D eigenvalue weighted by Gasteiger charge is -2.36. The zero-order chi connectivity index (χ0) is 41.0. The van der Waals surface area contributed by atoms with E-state index in [4.69, 9.17) is 20.4 Å². The molecule has 312 valence electrons. The fourth-order valence-electron chi connectivity index (χ4n) is 9.61. The second-order valence-corrected chi connectivity index (χ2v) is 17.1. The molecule has 2 saturated heterocycles. The number of aromatic nitrogens is 5. The summed E-state index contributed by atoms with van der Waals surface area (Å²) >= 11 is 0. The molecule has 4 aliphatic rings. The van der Waals surface area contributed by atoms with Crippen molar-refractivity contribution >= 4 is 22.7 Å². The summed E-state index contributed by atoms with van der Waals surface area (Å²) in [6.45, 7) is 6.01. The predicted octanol–water partition coefficient (Wildman–Crippen LogP) is 6.71. The smallest absolute Gasteiger partial charge is 0.248 e. The Kier molecular flexibility index (Phi) is 10.5. The Morgan fingerprint density at radius 3 is 2.17 bits per heavy atom. The zero-order valence-corrected chi connectivity index (χ0v) is 33.9. The third-order valence-corrected chi connectivity index (χ3v) is 13.0. The van der Waals surface area contributed by atoms with Gasteiger partial charge in [0.1, 0.15) is 17.4 Å². The van der Waals surface area contributed by atoms with Crippen LogP contribution in [0.4, 0.5) is 8.78 Å². The van der Waals surface area contributed by atoms with Crippen molar-refractivity contribution in [2.45, 2.75) is 102 Å². The maximum atomic E-state index is 14.1. The summed E-state index contributed by atoms with van der Waals surface area (Å²) in [4.78, 5) is 47.5. The topological polar surface area (TPSA) is 162 Å². The number of nitrogens with one attached hydrogen (secondary N) is 4. The predicted molar refractivity (Wildman–Crippen MR) is 221 cm³/mol. The van der Waals surface area contributed by atoms with Crippen LogP contribution in [0.3, 0.4) is 0 Å². The summed E-state index contributed by atoms with van der Waals surface area (Å²) in [5.41, 5.74) is 13.0. The molecule has 2 aromatic carbocycles. The van der Waals surface area contributed by atoms with Crippen LogP contribution >= 0.6 is 0 Å². The number of halogens is 2. The Labute approximate surface area is 342 Å². The van der Waals surface area contributed by atoms with E-state index in [2.05, 4.69) is 61.6 Å². The molecule has 3 aromatic heterocycles. The average Bonchev–Trinajstić information content (AvgIpc) is 4.09. The number of aromatic amines is 2. The van der Waals surface area contributed by atoms with Crippen LogP contribution in [-0.4, -0.2) is 90.9 Å². The van der Waals surface area contributed by atoms with E-state index < -0.39 is 18.0 Å². The molecule has 59 heavy (non-hydrogen) atoms. The molecular weight excluding hydrogens is 755 g/mol. The zero-order valence-electron chi connectivity index (χ0n) is 33.9. The van der Waals surface area contributed by atoms with Gasteiger partial charge >= 0.3 is 0 Å². The van der Waals surface area contributed by atoms with E-state index in [1.54, 1.807) is 7.05 Å². The molecule has 6 heterocycles. The Bertz CT molecular complexity index is 2340. The first kappa shape index (κ1) is 39.3. The van der Waals surface area contributed by atoms with E-state index in [1.165, 1.54) is 0 Å². The molecule has 6 N–H and O–H groups in total. The lowest BCUT2D eigenvalue weighted by atomic mass is 9.81. The van der Waals surface area contributed by atoms with Crippen LogP contribution in [0.5, 0.6) is 5.75 Å². The lowest BCUT2D eigenvalue weighted by Crippen LogP contribution is -2.53. The number of fused-ring (bicyclic) bond motifs is 5. The fourth-order valence-corrected chi connectivity index (χ4v) is 9.61. The molecular formula is C44H54F2N10O3. The number of hydrogen-bond donors (Lipinski definition) is 5. The van der Waals surface area contributed by atoms with Gasteiger partial charge in [-0.05, 0) is 87.7 Å². The Hall–Kier alpha value is -5.12. The van der Waals surface area contributed by atoms with Gasteiger partial charge in [0.05, 0.1) is 59.2 Å². The molecule has 4 unspecified atom stereocenters. The van der Waals surface area contributed by atoms with Gasteiger partial charge in [0, 0.05) is 54.7 Å². The Morgan fingerprint density at radius 2 is 1.53 bits per heavy atom. The van der Waals surface area contributed by atoms with Gasteiger partial charge in [-0.15, -0.1) is 0 Å². The van der Waals surface area contributed by atoms with Crippen molar-refractivity contribution in [3.8, 4) is 39.5 Å². The number of hydrogen-bond acceptors (Lipinski definition) is 8. The van der Waals surface area contributed by atoms with E-state index in [-0.39, 0.29) is 48.6 Å². The minimum absolute atomic E-state index is 0.0264. The molecule has 1 aliphatic carbocycles. The summed E-state index contributed by atoms with van der Waals surface area (Å²) in [7, 11) is 1.80. The largest absolute Gasteiger partial charge is 0.472 e. The number of ether oxygens (including phenoxy) is 1. The number of alkyl halides is 2. The first-order valence-corrected chi connectivity index (χ1v) is 21.1. The lowest BCUT2D eigenvalue weighted by molar-refractivity contribution is -0.138. The molecule has 3 aliphatic heterocycles. The van der Waals surface area contributed by atoms with Gasteiger partial charge in [-0.3, -0.25) is 14.9 Å². The van der Waals surface area contributed by atoms with Crippen LogP contribution in [0, 0.1) is 11.8 Å². The van der Waals surface area contributed by atoms with E-state index in [0.29, 0.717) is 39.3 Å². The molecule has 9 rings (SSSR count). The van der Waals surface area contributed by atoms with Crippen molar-refractivity contribution in [2.75, 3.05) is 26.8 Å². The maximum absolute atomic E-state index is 14.1. The van der Waals surface area contributed by atoms with Crippen molar-refractivity contribution in [3.63, 3.8) is 0 Å². The number of rotatable bonds is 11. The van der Waals surface area contributed by atoms with Gasteiger partial charge in [0.15, 0.2) is 6.73 Å². The summed E-state index contributed by atoms with van der Waals surface area (Å²) in [5.74, 6) is -0.517. The fraction of sp³-hybridized carbons (Fsp3) is 0.500. The number of carbonyl (C=O) groups excluding carboxylic acids is 2. The monoisotopic (exact) mass is 808 g/mol. The van der Waals surface area contributed by atoms with Crippen molar-refractivity contribution < 1.29 is 23.1 Å². The van der Waals surface area contributed by atoms with Gasteiger partial charge in [-0.25, -0.2) is 18.7 Å². The highest BCUT2D eigenvalue weighted by Crippen LogP contribution is 2.43. The molecule has 5 aromatic rings. The first-order valence-electron chi connectivity index (χ1n) is 21.1. The van der Waals surface area contributed by atoms with E-state index in [0.717, 1.165) is 87.8 Å². The summed E-state index contributed by atoms with van der Waals surface area (Å²) < 4.78 is 36.6. The normalized spacial score (nSPS) is 21.5. The van der Waals surface area contributed by atoms with Gasteiger partial charge in [-0.1, -0.05) is 26.0 Å². The van der Waals surface area contributed by atoms with Crippen molar-refractivity contribution in [2.24, 2.45) is 17.6 Å². The molecule has 1 saturated carbocycles. The number of amides is 2. The number of H-pyrrole nitrogens is 2. The van der Waals surface area contributed by atoms with E-state index >= 15 is 0 Å². The van der Waals surface area contributed by atoms with Gasteiger partial charge in [0.25, 0.3) is 0 Å². The average molecular weight is 809 g/mol. The molecule has 15 heteroatoms. The van der Waals surface area contributed by atoms with Crippen molar-refractivity contribution in [3.05, 3.63) is 66.5 Å². The highest BCUT2D eigenvalue weighted by molar-refractivity contribution is 5.92. The minimum atomic E-state index is -2.65. The molecule has 3 fully saturated rings. The van der Waals surface area contributed by atoms with Crippen LogP contribution in [-0.2, 0) is 16.3 Å². The molecule has 0 spiro atoms. The third-order valence-electron chi connectivity index (χ3n) is 13.0. The van der Waals surface area contributed by atoms with Crippen molar-refractivity contribution in [1.29, 1.82) is 0 Å². The van der Waals surface area contributed by atoms with E-state index in [9.17, 15) is 18.4 Å². The number of carbonyl (C=O) groups is 2. The number of benzene rings is 2. The number of nitrogens with zero attached hydrogens (tertiary/aromatic N) is 5. The van der Waals surface area contributed by atoms with Gasteiger partial charge in [0.2, 0.25) is 17.7 Å². The van der Waals surface area contributed by atoms with Crippen LogP contribution in [0.15, 0.2) is 54.9 Å². The molecule has 0 bridgehead atoms. The Balaban J connectivity index is 0.917. The van der Waals surface area contributed by atoms with Crippen LogP contribution < -0.4 is 21.1 Å². The van der Waals surface area contributed by atoms with Crippen molar-refractivity contribution in [1.82, 2.24) is 44.9 Å². The quantitative estimate of drug-likeness (QED) is 0.0921. The summed E-state index contributed by atoms with van der Waals surface area (Å²) in [6.07, 6.45) is 7.31. The highest BCUT2D eigenvalue weighted by Gasteiger charge is 2.43. The number of likely N-dealkylation sites (tertiary alicyclic amines) is 2. The molecule has 13 nitrogen and oxygen atoms in total. The minimum Gasteiger partial charge on any atom is -0.472 e. The first-order chi connectivity index (χ1) is 28.5. The highest BCUT2D eigenvalue weighted by atomic mass is 19.3. The standard InChI is InChI=1S/C44H54F2N10O3/c1-25(2)38(47)42(57)54-16-4-6-34(54)40-50-22-32(53-40)28-8-10-30-36-19-29-18-27(9-11-33(29)56(36)24-59-37(30)20-28)31-21-49-41(52-31)35-7-5-17-55(35)43(58)39(51-23-48-3)26-12-14-44(45,46)15-13-26/h8-11,18-22,25-26,34-35,38-39,48,51H,4-7,12-17,23-24,47H2,1-3H3,(H,49,52)(H,50,53). The molecule has 0 radical (unpaired) electrons. The second kappa shape index (κ2) is 15.8. The molecule has 2 amide bonds. The van der Waals surface area contributed by atoms with Crippen LogP contribution in [0.1, 0.15) is 88.9 Å². The Morgan fingerprint density at radius 1 is 0.898 bits per heavy atom. The summed E-state index contributed by atoms with van der Waals surface area (Å²) in [5, 5.41) is 7.43. The van der Waals surface area contributed by atoms with Gasteiger partial charge < -0.3 is 40.1 Å². The second-order valence-electron chi connectivity index (χ2n) is 17.1. The molecule has 4 atom stereocenters. The number of nitrogens with two attached hydrogens (primary N) is 1. The summed E-state index contributed by atoms with van der Waals surface area (Å²) in [6, 6.07) is 13.3. The van der Waals surface area contributed by atoms with E-state index in [1.807, 2.05) is 42.1 Å². The maximum Gasteiger partial charge on any atom is 0.248 e. The van der Waals surface area contributed by atoms with Gasteiger partial charge in [-0.2, -0.15) is 0 Å². The third kappa shape index (κ3) is 7.41. The number of imidazole rings is 2. The SMILES string of the molecule is CNCNC(C(=O)N1CCCC1c1ncc(-c2ccc3c(c2)cc2n3COc3cc(-c4cnc(C5CCCN5C(=O)C(N)C(C)C)[nH]4)ccc3-2)[nH]1)C1CCC(F)(F)CC1. The van der Waals surface area contributed by atoms with Crippen LogP contribution in [0.25, 0.3) is 44.7 Å². The van der Waals surface area contributed by atoms with Crippen LogP contribution in [0.2, 0.25) is 0 Å².